The number of carbonyl (C=O) groups excluding carboxylic acids is 2. The number of anilines is 1. The van der Waals surface area contributed by atoms with E-state index in [0.29, 0.717) is 13.1 Å². The Morgan fingerprint density at radius 2 is 1.95 bits per heavy atom. The van der Waals surface area contributed by atoms with Crippen molar-refractivity contribution in [3.8, 4) is 0 Å². The van der Waals surface area contributed by atoms with Gasteiger partial charge in [-0.05, 0) is 5.92 Å². The van der Waals surface area contributed by atoms with E-state index >= 15 is 0 Å². The van der Waals surface area contributed by atoms with Crippen LogP contribution in [0.2, 0.25) is 0 Å². The molecule has 1 aliphatic rings. The maximum absolute atomic E-state index is 12.5. The van der Waals surface area contributed by atoms with Crippen LogP contribution in [-0.4, -0.2) is 53.9 Å². The Kier molecular flexibility index (Phi) is 5.17. The van der Waals surface area contributed by atoms with Gasteiger partial charge in [-0.3, -0.25) is 9.59 Å². The summed E-state index contributed by atoms with van der Waals surface area (Å²) in [6, 6.07) is -0.436. The zero-order chi connectivity index (χ0) is 15.4. The molecule has 1 N–H and O–H groups in total. The molecule has 1 saturated heterocycles. The summed E-state index contributed by atoms with van der Waals surface area (Å²) in [4.78, 5) is 32.1. The van der Waals surface area contributed by atoms with Crippen LogP contribution in [0, 0.1) is 5.92 Å². The van der Waals surface area contributed by atoms with Crippen molar-refractivity contribution in [3.05, 3.63) is 11.6 Å². The van der Waals surface area contributed by atoms with Crippen LogP contribution in [0.15, 0.2) is 11.6 Å². The van der Waals surface area contributed by atoms with Crippen molar-refractivity contribution in [3.63, 3.8) is 0 Å². The number of hydrogen-bond donors (Lipinski definition) is 1. The Labute approximate surface area is 129 Å². The minimum Gasteiger partial charge on any atom is -0.345 e. The van der Waals surface area contributed by atoms with E-state index in [4.69, 9.17) is 0 Å². The van der Waals surface area contributed by atoms with Crippen molar-refractivity contribution in [2.75, 3.05) is 31.1 Å². The van der Waals surface area contributed by atoms with Gasteiger partial charge < -0.3 is 15.1 Å². The summed E-state index contributed by atoms with van der Waals surface area (Å²) in [7, 11) is 0. The molecule has 1 fully saturated rings. The molecule has 2 rings (SSSR count). The van der Waals surface area contributed by atoms with Gasteiger partial charge in [0.05, 0.1) is 0 Å². The molecule has 6 nitrogen and oxygen atoms in total. The fraction of sp³-hybridized carbons (Fsp3) is 0.643. The lowest BCUT2D eigenvalue weighted by Crippen LogP contribution is -2.56. The molecule has 21 heavy (non-hydrogen) atoms. The number of piperazine rings is 1. The molecule has 0 aliphatic carbocycles. The summed E-state index contributed by atoms with van der Waals surface area (Å²) in [5.74, 6) is -0.0687. The molecule has 1 aliphatic heterocycles. The van der Waals surface area contributed by atoms with Crippen molar-refractivity contribution in [1.82, 2.24) is 15.2 Å². The fourth-order valence-corrected chi connectivity index (χ4v) is 3.12. The first kappa shape index (κ1) is 15.8. The molecular weight excluding hydrogens is 288 g/mol. The largest absolute Gasteiger partial charge is 0.345 e. The second-order valence-electron chi connectivity index (χ2n) is 5.55. The van der Waals surface area contributed by atoms with E-state index in [-0.39, 0.29) is 17.7 Å². The number of aromatic nitrogens is 1. The van der Waals surface area contributed by atoms with Crippen molar-refractivity contribution in [1.29, 1.82) is 0 Å². The van der Waals surface area contributed by atoms with Gasteiger partial charge in [0.25, 0.3) is 0 Å². The van der Waals surface area contributed by atoms with Crippen LogP contribution in [0.4, 0.5) is 5.13 Å². The van der Waals surface area contributed by atoms with E-state index in [2.05, 4.69) is 15.2 Å². The molecule has 0 radical (unpaired) electrons. The van der Waals surface area contributed by atoms with Gasteiger partial charge in [-0.1, -0.05) is 13.8 Å². The van der Waals surface area contributed by atoms with E-state index in [1.165, 1.54) is 6.92 Å². The Morgan fingerprint density at radius 1 is 1.29 bits per heavy atom. The van der Waals surface area contributed by atoms with Crippen molar-refractivity contribution in [2.24, 2.45) is 5.92 Å². The van der Waals surface area contributed by atoms with E-state index < -0.39 is 6.04 Å². The summed E-state index contributed by atoms with van der Waals surface area (Å²) in [6.45, 7) is 8.24. The SMILES string of the molecule is CC(=O)N[C@H](C(=O)N1CCN(c2nccs2)CC1)C(C)C. The lowest BCUT2D eigenvalue weighted by Gasteiger charge is -2.37. The standard InChI is InChI=1S/C14H22N4O2S/c1-10(2)12(16-11(3)19)13(20)17-5-7-18(8-6-17)14-15-4-9-21-14/h4,9-10,12H,5-8H2,1-3H3,(H,16,19)/t12-/m0/s1. The van der Waals surface area contributed by atoms with Gasteiger partial charge in [0.2, 0.25) is 11.8 Å². The van der Waals surface area contributed by atoms with Crippen molar-refractivity contribution in [2.45, 2.75) is 26.8 Å². The molecule has 0 spiro atoms. The highest BCUT2D eigenvalue weighted by Gasteiger charge is 2.30. The van der Waals surface area contributed by atoms with Crippen LogP contribution >= 0.6 is 11.3 Å². The normalized spacial score (nSPS) is 17.0. The number of nitrogens with zero attached hydrogens (tertiary/aromatic N) is 3. The fourth-order valence-electron chi connectivity index (χ4n) is 2.42. The van der Waals surface area contributed by atoms with Gasteiger partial charge in [-0.2, -0.15) is 0 Å². The summed E-state index contributed by atoms with van der Waals surface area (Å²) in [6.07, 6.45) is 1.79. The summed E-state index contributed by atoms with van der Waals surface area (Å²) < 4.78 is 0. The molecule has 1 aromatic rings. The summed E-state index contributed by atoms with van der Waals surface area (Å²) in [5, 5.41) is 5.72. The predicted octanol–water partition coefficient (Wildman–Crippen LogP) is 0.952. The van der Waals surface area contributed by atoms with Crippen LogP contribution in [-0.2, 0) is 9.59 Å². The van der Waals surface area contributed by atoms with Gasteiger partial charge in [-0.15, -0.1) is 11.3 Å². The topological polar surface area (TPSA) is 65.5 Å². The molecule has 0 bridgehead atoms. The van der Waals surface area contributed by atoms with E-state index in [1.807, 2.05) is 24.1 Å². The molecule has 1 atom stereocenters. The van der Waals surface area contributed by atoms with Gasteiger partial charge in [0.15, 0.2) is 5.13 Å². The highest BCUT2D eigenvalue weighted by molar-refractivity contribution is 7.13. The first-order valence-corrected chi connectivity index (χ1v) is 8.07. The van der Waals surface area contributed by atoms with Gasteiger partial charge in [0, 0.05) is 44.7 Å². The Balaban J connectivity index is 1.94. The van der Waals surface area contributed by atoms with Gasteiger partial charge >= 0.3 is 0 Å². The number of rotatable bonds is 4. The smallest absolute Gasteiger partial charge is 0.245 e. The maximum Gasteiger partial charge on any atom is 0.245 e. The minimum absolute atomic E-state index is 0.0130. The minimum atomic E-state index is -0.436. The maximum atomic E-state index is 12.5. The Morgan fingerprint density at radius 3 is 2.43 bits per heavy atom. The second-order valence-corrected chi connectivity index (χ2v) is 6.42. The van der Waals surface area contributed by atoms with Crippen molar-refractivity contribution >= 4 is 28.3 Å². The van der Waals surface area contributed by atoms with Crippen molar-refractivity contribution < 1.29 is 9.59 Å². The highest BCUT2D eigenvalue weighted by atomic mass is 32.1. The lowest BCUT2D eigenvalue weighted by atomic mass is 10.0. The summed E-state index contributed by atoms with van der Waals surface area (Å²) >= 11 is 1.61. The van der Waals surface area contributed by atoms with E-state index in [0.717, 1.165) is 18.2 Å². The molecule has 1 aromatic heterocycles. The first-order valence-electron chi connectivity index (χ1n) is 7.19. The van der Waals surface area contributed by atoms with Gasteiger partial charge in [0.1, 0.15) is 6.04 Å². The van der Waals surface area contributed by atoms with Crippen LogP contribution in [0.5, 0.6) is 0 Å². The Hall–Kier alpha value is -1.63. The molecular formula is C14H22N4O2S. The first-order chi connectivity index (χ1) is 9.99. The molecule has 0 saturated carbocycles. The second kappa shape index (κ2) is 6.89. The third kappa shape index (κ3) is 3.93. The average Bonchev–Trinajstić information content (AvgIpc) is 2.98. The van der Waals surface area contributed by atoms with Crippen LogP contribution in [0.25, 0.3) is 0 Å². The predicted molar refractivity (Wildman–Crippen MR) is 83.3 cm³/mol. The summed E-state index contributed by atoms with van der Waals surface area (Å²) in [5.41, 5.74) is 0. The molecule has 7 heteroatoms. The number of amides is 2. The molecule has 116 valence electrons. The van der Waals surface area contributed by atoms with Gasteiger partial charge in [-0.25, -0.2) is 4.98 Å². The van der Waals surface area contributed by atoms with E-state index in [1.54, 1.807) is 17.5 Å². The monoisotopic (exact) mass is 310 g/mol. The Bertz CT molecular complexity index is 481. The van der Waals surface area contributed by atoms with Crippen LogP contribution < -0.4 is 10.2 Å². The molecule has 0 aromatic carbocycles. The van der Waals surface area contributed by atoms with Crippen LogP contribution in [0.1, 0.15) is 20.8 Å². The van der Waals surface area contributed by atoms with Crippen LogP contribution in [0.3, 0.4) is 0 Å². The number of thiazole rings is 1. The average molecular weight is 310 g/mol. The third-order valence-electron chi connectivity index (χ3n) is 3.57. The number of nitrogens with one attached hydrogen (secondary N) is 1. The number of hydrogen-bond acceptors (Lipinski definition) is 5. The quantitative estimate of drug-likeness (QED) is 0.899. The lowest BCUT2D eigenvalue weighted by molar-refractivity contribution is -0.137. The zero-order valence-electron chi connectivity index (χ0n) is 12.7. The zero-order valence-corrected chi connectivity index (χ0v) is 13.5. The highest BCUT2D eigenvalue weighted by Crippen LogP contribution is 2.19. The molecule has 2 amide bonds. The third-order valence-corrected chi connectivity index (χ3v) is 4.40. The number of carbonyl (C=O) groups is 2. The molecule has 0 unspecified atom stereocenters. The molecule has 2 heterocycles. The van der Waals surface area contributed by atoms with E-state index in [9.17, 15) is 9.59 Å².